The van der Waals surface area contributed by atoms with Crippen molar-refractivity contribution in [2.24, 2.45) is 17.8 Å². The van der Waals surface area contributed by atoms with E-state index in [2.05, 4.69) is 22.1 Å². The molecule has 0 N–H and O–H groups in total. The van der Waals surface area contributed by atoms with Gasteiger partial charge in [-0.1, -0.05) is 18.2 Å². The van der Waals surface area contributed by atoms with Crippen molar-refractivity contribution >= 4 is 17.3 Å². The van der Waals surface area contributed by atoms with Gasteiger partial charge in [0.05, 0.1) is 10.5 Å². The van der Waals surface area contributed by atoms with E-state index < -0.39 is 4.92 Å². The maximum Gasteiger partial charge on any atom is 0.320 e. The summed E-state index contributed by atoms with van der Waals surface area (Å²) in [5, 5.41) is 16.5. The van der Waals surface area contributed by atoms with Gasteiger partial charge in [-0.05, 0) is 68.4 Å². The molecule has 7 rings (SSSR count). The molecule has 0 unspecified atom stereocenters. The molecule has 8 nitrogen and oxygen atoms in total. The summed E-state index contributed by atoms with van der Waals surface area (Å²) < 4.78 is 1.84. The number of anilines is 1. The average Bonchev–Trinajstić information content (AvgIpc) is 3.25. The summed E-state index contributed by atoms with van der Waals surface area (Å²) in [5.74, 6) is 1.80. The molecular formula is C24H29N5O3. The molecule has 8 heteroatoms. The second-order valence-electron chi connectivity index (χ2n) is 10.3. The van der Waals surface area contributed by atoms with Crippen molar-refractivity contribution < 1.29 is 9.72 Å². The normalized spacial score (nSPS) is 31.2. The number of rotatable bonds is 4. The van der Waals surface area contributed by atoms with Crippen molar-refractivity contribution in [3.63, 3.8) is 0 Å². The van der Waals surface area contributed by atoms with Crippen LogP contribution in [0.1, 0.15) is 49.0 Å². The van der Waals surface area contributed by atoms with E-state index in [0.29, 0.717) is 43.9 Å². The van der Waals surface area contributed by atoms with E-state index >= 15 is 0 Å². The molecule has 1 aromatic carbocycles. The van der Waals surface area contributed by atoms with Gasteiger partial charge in [0.2, 0.25) is 5.69 Å². The predicted octanol–water partition coefficient (Wildman–Crippen LogP) is 3.68. The van der Waals surface area contributed by atoms with Gasteiger partial charge in [0.1, 0.15) is 6.20 Å². The fourth-order valence-corrected chi connectivity index (χ4v) is 7.20. The third-order valence-corrected chi connectivity index (χ3v) is 8.27. The third-order valence-electron chi connectivity index (χ3n) is 8.27. The lowest BCUT2D eigenvalue weighted by molar-refractivity contribution is -0.385. The average molecular weight is 436 g/mol. The molecule has 1 aliphatic heterocycles. The predicted molar refractivity (Wildman–Crippen MR) is 120 cm³/mol. The molecule has 1 amide bonds. The zero-order valence-corrected chi connectivity index (χ0v) is 18.2. The van der Waals surface area contributed by atoms with Crippen LogP contribution in [-0.2, 0) is 5.54 Å². The Labute approximate surface area is 187 Å². The number of amides is 1. The number of nitrogens with zero attached hydrogens (tertiary/aromatic N) is 5. The number of carbonyl (C=O) groups excluding carboxylic acids is 1. The van der Waals surface area contributed by atoms with Crippen molar-refractivity contribution in [3.05, 3.63) is 52.3 Å². The van der Waals surface area contributed by atoms with E-state index in [9.17, 15) is 14.9 Å². The van der Waals surface area contributed by atoms with Crippen LogP contribution in [0.5, 0.6) is 0 Å². The summed E-state index contributed by atoms with van der Waals surface area (Å²) in [4.78, 5) is 28.7. The molecule has 4 saturated carbocycles. The SMILES string of the molecule is O=C(c1nn(C23CC4CC(CC(C4)C2)C3)cc1[N+](=O)[O-])N1CCN(c2ccccc2)CC1. The summed E-state index contributed by atoms with van der Waals surface area (Å²) in [5.41, 5.74) is 0.871. The standard InChI is InChI=1S/C24H29N5O3/c30-23(27-8-6-26(7-9-27)20-4-2-1-3-5-20)22-21(29(31)32)16-28(25-22)24-13-17-10-18(14-24)12-19(11-17)15-24/h1-5,16-19H,6-15H2. The second-order valence-corrected chi connectivity index (χ2v) is 10.3. The van der Waals surface area contributed by atoms with Crippen LogP contribution in [0.25, 0.3) is 0 Å². The van der Waals surface area contributed by atoms with Gasteiger partial charge in [-0.25, -0.2) is 0 Å². The fourth-order valence-electron chi connectivity index (χ4n) is 7.20. The molecule has 5 aliphatic rings. The molecule has 1 saturated heterocycles. The Balaban J connectivity index is 1.24. The number of aromatic nitrogens is 2. The van der Waals surface area contributed by atoms with Crippen molar-refractivity contribution in [2.45, 2.75) is 44.1 Å². The lowest BCUT2D eigenvalue weighted by Gasteiger charge is -2.56. The minimum atomic E-state index is -0.433. The molecule has 0 radical (unpaired) electrons. The van der Waals surface area contributed by atoms with Crippen LogP contribution in [0.15, 0.2) is 36.5 Å². The molecule has 2 heterocycles. The smallest absolute Gasteiger partial charge is 0.320 e. The van der Waals surface area contributed by atoms with Gasteiger partial charge >= 0.3 is 5.69 Å². The highest BCUT2D eigenvalue weighted by atomic mass is 16.6. The van der Waals surface area contributed by atoms with Crippen LogP contribution in [0, 0.1) is 27.9 Å². The Kier molecular flexibility index (Phi) is 4.52. The van der Waals surface area contributed by atoms with E-state index in [4.69, 9.17) is 0 Å². The number of hydrogen-bond acceptors (Lipinski definition) is 5. The van der Waals surface area contributed by atoms with E-state index in [1.807, 2.05) is 22.9 Å². The lowest BCUT2D eigenvalue weighted by atomic mass is 9.53. The number of nitro groups is 1. The number of para-hydroxylation sites is 1. The first-order chi connectivity index (χ1) is 15.5. The van der Waals surface area contributed by atoms with Gasteiger partial charge in [0, 0.05) is 31.9 Å². The van der Waals surface area contributed by atoms with E-state index in [-0.39, 0.29) is 22.8 Å². The fraction of sp³-hybridized carbons (Fsp3) is 0.583. The van der Waals surface area contributed by atoms with E-state index in [0.717, 1.165) is 24.9 Å². The van der Waals surface area contributed by atoms with Gasteiger partial charge < -0.3 is 9.80 Å². The molecule has 0 atom stereocenters. The van der Waals surface area contributed by atoms with Crippen LogP contribution in [0.3, 0.4) is 0 Å². The van der Waals surface area contributed by atoms with Gasteiger partial charge in [-0.2, -0.15) is 5.10 Å². The van der Waals surface area contributed by atoms with Crippen molar-refractivity contribution in [2.75, 3.05) is 31.1 Å². The summed E-state index contributed by atoms with van der Waals surface area (Å²) in [6.07, 6.45) is 8.56. The first-order valence-electron chi connectivity index (χ1n) is 11.8. The summed E-state index contributed by atoms with van der Waals surface area (Å²) in [7, 11) is 0. The Morgan fingerprint density at radius 1 is 0.969 bits per heavy atom. The summed E-state index contributed by atoms with van der Waals surface area (Å²) >= 11 is 0. The molecule has 0 spiro atoms. The third kappa shape index (κ3) is 3.19. The zero-order valence-electron chi connectivity index (χ0n) is 18.2. The van der Waals surface area contributed by atoms with Crippen molar-refractivity contribution in [1.29, 1.82) is 0 Å². The molecule has 5 fully saturated rings. The number of piperazine rings is 1. The minimum absolute atomic E-state index is 0.0129. The largest absolute Gasteiger partial charge is 0.368 e. The highest BCUT2D eigenvalue weighted by molar-refractivity contribution is 5.96. The Morgan fingerprint density at radius 3 is 2.12 bits per heavy atom. The van der Waals surface area contributed by atoms with Gasteiger partial charge in [-0.15, -0.1) is 0 Å². The topological polar surface area (TPSA) is 84.5 Å². The van der Waals surface area contributed by atoms with E-state index in [1.54, 1.807) is 11.1 Å². The van der Waals surface area contributed by atoms with Crippen molar-refractivity contribution in [1.82, 2.24) is 14.7 Å². The molecule has 4 bridgehead atoms. The Bertz CT molecular complexity index is 1010. The van der Waals surface area contributed by atoms with E-state index in [1.165, 1.54) is 19.3 Å². The lowest BCUT2D eigenvalue weighted by Crippen LogP contribution is -2.52. The first kappa shape index (κ1) is 19.8. The van der Waals surface area contributed by atoms with Crippen LogP contribution in [0.4, 0.5) is 11.4 Å². The minimum Gasteiger partial charge on any atom is -0.368 e. The maximum atomic E-state index is 13.3. The van der Waals surface area contributed by atoms with Gasteiger partial charge in [0.15, 0.2) is 0 Å². The highest BCUT2D eigenvalue weighted by Gasteiger charge is 2.53. The van der Waals surface area contributed by atoms with Gasteiger partial charge in [0.25, 0.3) is 5.91 Å². The summed E-state index contributed by atoms with van der Waals surface area (Å²) in [6.45, 7) is 2.49. The first-order valence-corrected chi connectivity index (χ1v) is 11.8. The Hall–Kier alpha value is -2.90. The maximum absolute atomic E-state index is 13.3. The summed E-state index contributed by atoms with van der Waals surface area (Å²) in [6, 6.07) is 10.1. The molecule has 32 heavy (non-hydrogen) atoms. The van der Waals surface area contributed by atoms with Crippen LogP contribution in [-0.4, -0.2) is 51.7 Å². The molecule has 168 valence electrons. The van der Waals surface area contributed by atoms with Crippen LogP contribution >= 0.6 is 0 Å². The Morgan fingerprint density at radius 2 is 1.56 bits per heavy atom. The second kappa shape index (κ2) is 7.32. The molecule has 1 aromatic heterocycles. The molecule has 4 aliphatic carbocycles. The monoisotopic (exact) mass is 435 g/mol. The highest BCUT2D eigenvalue weighted by Crippen LogP contribution is 2.58. The van der Waals surface area contributed by atoms with Crippen LogP contribution < -0.4 is 4.90 Å². The zero-order chi connectivity index (χ0) is 21.9. The molecule has 2 aromatic rings. The van der Waals surface area contributed by atoms with Crippen molar-refractivity contribution in [3.8, 4) is 0 Å². The number of benzene rings is 1. The number of hydrogen-bond donors (Lipinski definition) is 0. The van der Waals surface area contributed by atoms with Gasteiger partial charge in [-0.3, -0.25) is 19.6 Å². The molecular weight excluding hydrogens is 406 g/mol. The number of carbonyl (C=O) groups is 1. The quantitative estimate of drug-likeness (QED) is 0.540. The van der Waals surface area contributed by atoms with Crippen LogP contribution in [0.2, 0.25) is 0 Å².